The standard InChI is InChI=1S/C27H29N3O3.ClH/c28-23-12-6-7-13-24(23)30-26(31)21-16-14-19(15-17-21)18-29-25(20-8-2-1-3-9-20)27(32)33-22-10-4-5-11-22;/h1-3,6-9,12-17,22,25,29H,4-5,10-11,18,28H2,(H,30,31);1H/t25-;/m0./s1. The molecular weight excluding hydrogens is 450 g/mol. The maximum Gasteiger partial charge on any atom is 0.328 e. The van der Waals surface area contributed by atoms with Crippen LogP contribution < -0.4 is 16.4 Å². The number of rotatable bonds is 8. The summed E-state index contributed by atoms with van der Waals surface area (Å²) in [5.74, 6) is -0.473. The van der Waals surface area contributed by atoms with E-state index in [2.05, 4.69) is 10.6 Å². The lowest BCUT2D eigenvalue weighted by Crippen LogP contribution is -2.32. The van der Waals surface area contributed by atoms with Crippen molar-refractivity contribution in [3.05, 3.63) is 95.6 Å². The molecule has 6 nitrogen and oxygen atoms in total. The van der Waals surface area contributed by atoms with Crippen LogP contribution in [0.4, 0.5) is 11.4 Å². The number of carbonyl (C=O) groups is 2. The highest BCUT2D eigenvalue weighted by atomic mass is 35.5. The number of amides is 1. The Hall–Kier alpha value is -3.35. The molecule has 0 aliphatic heterocycles. The Labute approximate surface area is 206 Å². The molecule has 1 amide bonds. The van der Waals surface area contributed by atoms with Crippen LogP contribution in [0.15, 0.2) is 78.9 Å². The van der Waals surface area contributed by atoms with Gasteiger partial charge < -0.3 is 15.8 Å². The zero-order valence-electron chi connectivity index (χ0n) is 18.9. The van der Waals surface area contributed by atoms with E-state index in [0.29, 0.717) is 23.5 Å². The molecule has 0 heterocycles. The number of halogens is 1. The van der Waals surface area contributed by atoms with E-state index in [1.165, 1.54) is 0 Å². The zero-order valence-corrected chi connectivity index (χ0v) is 19.7. The predicted molar refractivity (Wildman–Crippen MR) is 137 cm³/mol. The number of esters is 1. The van der Waals surface area contributed by atoms with Crippen LogP contribution >= 0.6 is 12.4 Å². The summed E-state index contributed by atoms with van der Waals surface area (Å²) in [7, 11) is 0. The van der Waals surface area contributed by atoms with Gasteiger partial charge in [0.05, 0.1) is 11.4 Å². The topological polar surface area (TPSA) is 93.5 Å². The number of ether oxygens (including phenoxy) is 1. The first kappa shape index (κ1) is 25.3. The molecule has 1 aliphatic rings. The maximum atomic E-state index is 12.9. The fourth-order valence-electron chi connectivity index (χ4n) is 4.02. The molecule has 3 aromatic carbocycles. The monoisotopic (exact) mass is 479 g/mol. The third-order valence-corrected chi connectivity index (χ3v) is 5.89. The van der Waals surface area contributed by atoms with Crippen LogP contribution in [0.5, 0.6) is 0 Å². The first-order valence-corrected chi connectivity index (χ1v) is 11.3. The molecule has 178 valence electrons. The number of benzene rings is 3. The van der Waals surface area contributed by atoms with Gasteiger partial charge in [0.2, 0.25) is 0 Å². The van der Waals surface area contributed by atoms with E-state index in [0.717, 1.165) is 36.8 Å². The van der Waals surface area contributed by atoms with Crippen LogP contribution in [-0.4, -0.2) is 18.0 Å². The van der Waals surface area contributed by atoms with E-state index < -0.39 is 6.04 Å². The SMILES string of the molecule is Cl.Nc1ccccc1NC(=O)c1ccc(CN[C@H](C(=O)OC2CCCC2)c2ccccc2)cc1. The van der Waals surface area contributed by atoms with E-state index in [4.69, 9.17) is 10.5 Å². The molecule has 0 aromatic heterocycles. The average Bonchev–Trinajstić information content (AvgIpc) is 3.35. The smallest absolute Gasteiger partial charge is 0.328 e. The summed E-state index contributed by atoms with van der Waals surface area (Å²) in [4.78, 5) is 25.5. The number of hydrogen-bond acceptors (Lipinski definition) is 5. The molecule has 0 unspecified atom stereocenters. The minimum absolute atomic E-state index is 0. The quantitative estimate of drug-likeness (QED) is 0.302. The summed E-state index contributed by atoms with van der Waals surface area (Å²) < 4.78 is 5.77. The Kier molecular flexibility index (Phi) is 9.08. The van der Waals surface area contributed by atoms with E-state index in [1.54, 1.807) is 24.3 Å². The van der Waals surface area contributed by atoms with Gasteiger partial charge in [-0.3, -0.25) is 10.1 Å². The first-order chi connectivity index (χ1) is 16.1. The number of hydrogen-bond donors (Lipinski definition) is 3. The second-order valence-electron chi connectivity index (χ2n) is 8.31. The van der Waals surface area contributed by atoms with Crippen LogP contribution in [0.3, 0.4) is 0 Å². The van der Waals surface area contributed by atoms with E-state index in [1.807, 2.05) is 54.6 Å². The lowest BCUT2D eigenvalue weighted by molar-refractivity contribution is -0.151. The average molecular weight is 480 g/mol. The summed E-state index contributed by atoms with van der Waals surface area (Å²) in [6, 6.07) is 23.5. The molecule has 0 saturated heterocycles. The van der Waals surface area contributed by atoms with Gasteiger partial charge in [0, 0.05) is 12.1 Å². The Balaban J connectivity index is 0.00000324. The lowest BCUT2D eigenvalue weighted by Gasteiger charge is -2.21. The molecule has 1 saturated carbocycles. The third kappa shape index (κ3) is 6.59. The van der Waals surface area contributed by atoms with Gasteiger partial charge in [-0.15, -0.1) is 12.4 Å². The van der Waals surface area contributed by atoms with E-state index >= 15 is 0 Å². The van der Waals surface area contributed by atoms with Crippen molar-refractivity contribution in [3.63, 3.8) is 0 Å². The third-order valence-electron chi connectivity index (χ3n) is 5.89. The molecule has 0 spiro atoms. The van der Waals surface area contributed by atoms with Gasteiger partial charge in [-0.25, -0.2) is 4.79 Å². The zero-order chi connectivity index (χ0) is 23.0. The summed E-state index contributed by atoms with van der Waals surface area (Å²) >= 11 is 0. The maximum absolute atomic E-state index is 12.9. The second kappa shape index (κ2) is 12.2. The highest BCUT2D eigenvalue weighted by molar-refractivity contribution is 6.05. The van der Waals surface area contributed by atoms with Crippen LogP contribution in [0, 0.1) is 0 Å². The van der Waals surface area contributed by atoms with Gasteiger partial charge in [-0.2, -0.15) is 0 Å². The minimum atomic E-state index is -0.546. The highest BCUT2D eigenvalue weighted by Crippen LogP contribution is 2.24. The fourth-order valence-corrected chi connectivity index (χ4v) is 4.02. The van der Waals surface area contributed by atoms with Gasteiger partial charge in [-0.1, -0.05) is 54.6 Å². The van der Waals surface area contributed by atoms with Gasteiger partial charge in [0.1, 0.15) is 12.1 Å². The first-order valence-electron chi connectivity index (χ1n) is 11.3. The molecule has 1 atom stereocenters. The van der Waals surface area contributed by atoms with Crippen LogP contribution in [0.2, 0.25) is 0 Å². The van der Waals surface area contributed by atoms with Gasteiger partial charge in [-0.05, 0) is 61.1 Å². The normalized spacial score (nSPS) is 14.1. The van der Waals surface area contributed by atoms with Crippen molar-refractivity contribution in [2.24, 2.45) is 0 Å². The van der Waals surface area contributed by atoms with Crippen molar-refractivity contribution >= 4 is 35.7 Å². The molecule has 4 N–H and O–H groups in total. The molecular formula is C27H30ClN3O3. The summed E-state index contributed by atoms with van der Waals surface area (Å²) in [6.45, 7) is 0.465. The molecule has 4 rings (SSSR count). The Morgan fingerprint density at radius 3 is 2.24 bits per heavy atom. The summed E-state index contributed by atoms with van der Waals surface area (Å²) in [6.07, 6.45) is 4.11. The number of para-hydroxylation sites is 2. The number of nitrogens with two attached hydrogens (primary N) is 1. The molecule has 0 radical (unpaired) electrons. The summed E-state index contributed by atoms with van der Waals surface area (Å²) in [5, 5.41) is 6.16. The van der Waals surface area contributed by atoms with Crippen LogP contribution in [-0.2, 0) is 16.1 Å². The van der Waals surface area contributed by atoms with Crippen molar-refractivity contribution in [2.45, 2.75) is 44.4 Å². The van der Waals surface area contributed by atoms with E-state index in [-0.39, 0.29) is 30.4 Å². The Morgan fingerprint density at radius 2 is 1.56 bits per heavy atom. The minimum Gasteiger partial charge on any atom is -0.461 e. The molecule has 1 fully saturated rings. The number of anilines is 2. The van der Waals surface area contributed by atoms with Gasteiger partial charge in [0.25, 0.3) is 5.91 Å². The van der Waals surface area contributed by atoms with Gasteiger partial charge in [0.15, 0.2) is 0 Å². The van der Waals surface area contributed by atoms with Crippen molar-refractivity contribution in [3.8, 4) is 0 Å². The van der Waals surface area contributed by atoms with Crippen molar-refractivity contribution in [1.29, 1.82) is 0 Å². The Bertz CT molecular complexity index is 1080. The molecule has 7 heteroatoms. The predicted octanol–water partition coefficient (Wildman–Crippen LogP) is 5.26. The highest BCUT2D eigenvalue weighted by Gasteiger charge is 2.26. The molecule has 0 bridgehead atoms. The van der Waals surface area contributed by atoms with Crippen molar-refractivity contribution in [1.82, 2.24) is 5.32 Å². The number of nitrogens with one attached hydrogen (secondary N) is 2. The second-order valence-corrected chi connectivity index (χ2v) is 8.31. The lowest BCUT2D eigenvalue weighted by atomic mass is 10.1. The number of nitrogen functional groups attached to an aromatic ring is 1. The largest absolute Gasteiger partial charge is 0.461 e. The Morgan fingerprint density at radius 1 is 0.912 bits per heavy atom. The van der Waals surface area contributed by atoms with Crippen LogP contribution in [0.1, 0.15) is 53.2 Å². The van der Waals surface area contributed by atoms with Crippen molar-refractivity contribution in [2.75, 3.05) is 11.1 Å². The molecule has 3 aromatic rings. The molecule has 34 heavy (non-hydrogen) atoms. The fraction of sp³-hybridized carbons (Fsp3) is 0.259. The van der Waals surface area contributed by atoms with Crippen LogP contribution in [0.25, 0.3) is 0 Å². The van der Waals surface area contributed by atoms with Crippen molar-refractivity contribution < 1.29 is 14.3 Å². The van der Waals surface area contributed by atoms with Gasteiger partial charge >= 0.3 is 5.97 Å². The number of carbonyl (C=O) groups excluding carboxylic acids is 2. The molecule has 1 aliphatic carbocycles. The summed E-state index contributed by atoms with van der Waals surface area (Å²) in [5.41, 5.74) is 9.36. The van der Waals surface area contributed by atoms with E-state index in [9.17, 15) is 9.59 Å².